The number of carbonyl (C=O) groups is 1. The van der Waals surface area contributed by atoms with Crippen LogP contribution in [0.2, 0.25) is 5.02 Å². The Morgan fingerprint density at radius 1 is 1.21 bits per heavy atom. The fourth-order valence-electron chi connectivity index (χ4n) is 3.40. The summed E-state index contributed by atoms with van der Waals surface area (Å²) in [5.41, 5.74) is 3.76. The van der Waals surface area contributed by atoms with Crippen LogP contribution < -0.4 is 9.62 Å². The lowest BCUT2D eigenvalue weighted by atomic mass is 10.0. The average Bonchev–Trinajstić information content (AvgIpc) is 3.09. The zero-order chi connectivity index (χ0) is 20.5. The van der Waals surface area contributed by atoms with Gasteiger partial charge in [0.1, 0.15) is 12.4 Å². The van der Waals surface area contributed by atoms with Crippen LogP contribution in [0.1, 0.15) is 36.1 Å². The van der Waals surface area contributed by atoms with Crippen molar-refractivity contribution in [2.75, 3.05) is 17.1 Å². The van der Waals surface area contributed by atoms with Gasteiger partial charge < -0.3 is 5.32 Å². The first kappa shape index (κ1) is 20.6. The van der Waals surface area contributed by atoms with Crippen molar-refractivity contribution in [3.8, 4) is 0 Å². The molecule has 1 aliphatic rings. The molecular weight excluding hydrogens is 403 g/mol. The highest BCUT2D eigenvalue weighted by atomic mass is 35.5. The molecule has 0 spiro atoms. The summed E-state index contributed by atoms with van der Waals surface area (Å²) < 4.78 is 38.6. The van der Waals surface area contributed by atoms with Crippen molar-refractivity contribution in [3.63, 3.8) is 0 Å². The fraction of sp³-hybridized carbons (Fsp3) is 0.350. The van der Waals surface area contributed by atoms with E-state index in [1.165, 1.54) is 23.3 Å². The molecule has 1 N–H and O–H groups in total. The highest BCUT2D eigenvalue weighted by Crippen LogP contribution is 2.26. The molecule has 2 aromatic carbocycles. The zero-order valence-corrected chi connectivity index (χ0v) is 17.3. The first-order chi connectivity index (χ1) is 13.1. The smallest absolute Gasteiger partial charge is 0.241 e. The van der Waals surface area contributed by atoms with Gasteiger partial charge in [-0.1, -0.05) is 29.8 Å². The van der Waals surface area contributed by atoms with Crippen LogP contribution in [0, 0.1) is 5.82 Å². The standard InChI is InChI=1S/C20H22ClFN2O3S/c1-13(15-7-6-14-4-3-5-16(14)10-15)23-20(25)12-24(28(2,26)27)17-8-9-19(22)18(21)11-17/h6-11,13H,3-5,12H2,1-2H3,(H,23,25). The van der Waals surface area contributed by atoms with Crippen LogP contribution in [-0.2, 0) is 27.7 Å². The largest absolute Gasteiger partial charge is 0.348 e. The predicted molar refractivity (Wildman–Crippen MR) is 109 cm³/mol. The molecule has 0 saturated carbocycles. The number of benzene rings is 2. The third kappa shape index (κ3) is 4.64. The fourth-order valence-corrected chi connectivity index (χ4v) is 4.43. The Morgan fingerprint density at radius 3 is 2.61 bits per heavy atom. The quantitative estimate of drug-likeness (QED) is 0.770. The van der Waals surface area contributed by atoms with Gasteiger partial charge in [-0.2, -0.15) is 0 Å². The molecule has 3 rings (SSSR count). The third-order valence-corrected chi connectivity index (χ3v) is 6.31. The van der Waals surface area contributed by atoms with Gasteiger partial charge in [-0.3, -0.25) is 9.10 Å². The number of anilines is 1. The summed E-state index contributed by atoms with van der Waals surface area (Å²) in [5, 5.41) is 2.62. The predicted octanol–water partition coefficient (Wildman–Crippen LogP) is 3.61. The van der Waals surface area contributed by atoms with E-state index >= 15 is 0 Å². The van der Waals surface area contributed by atoms with Gasteiger partial charge in [-0.15, -0.1) is 0 Å². The average molecular weight is 425 g/mol. The summed E-state index contributed by atoms with van der Waals surface area (Å²) in [4.78, 5) is 12.5. The van der Waals surface area contributed by atoms with Crippen molar-refractivity contribution < 1.29 is 17.6 Å². The first-order valence-electron chi connectivity index (χ1n) is 8.99. The number of hydrogen-bond acceptors (Lipinski definition) is 3. The highest BCUT2D eigenvalue weighted by Gasteiger charge is 2.23. The van der Waals surface area contributed by atoms with Gasteiger partial charge in [0, 0.05) is 0 Å². The van der Waals surface area contributed by atoms with E-state index in [4.69, 9.17) is 11.6 Å². The molecule has 1 unspecified atom stereocenters. The molecule has 28 heavy (non-hydrogen) atoms. The molecule has 0 heterocycles. The van der Waals surface area contributed by atoms with E-state index in [0.717, 1.165) is 41.5 Å². The van der Waals surface area contributed by atoms with Crippen LogP contribution in [-0.4, -0.2) is 27.1 Å². The van der Waals surface area contributed by atoms with E-state index in [-0.39, 0.29) is 16.8 Å². The molecule has 1 atom stereocenters. The van der Waals surface area contributed by atoms with Gasteiger partial charge >= 0.3 is 0 Å². The summed E-state index contributed by atoms with van der Waals surface area (Å²) in [5.74, 6) is -1.12. The van der Waals surface area contributed by atoms with Gasteiger partial charge in [0.2, 0.25) is 15.9 Å². The summed E-state index contributed by atoms with van der Waals surface area (Å²) >= 11 is 5.76. The maximum absolute atomic E-state index is 13.4. The lowest BCUT2D eigenvalue weighted by molar-refractivity contribution is -0.120. The van der Waals surface area contributed by atoms with Gasteiger partial charge in [0.25, 0.3) is 0 Å². The van der Waals surface area contributed by atoms with Gasteiger partial charge in [-0.25, -0.2) is 12.8 Å². The molecular formula is C20H22ClFN2O3S. The number of carbonyl (C=O) groups excluding carboxylic acids is 1. The van der Waals surface area contributed by atoms with Crippen LogP contribution in [0.3, 0.4) is 0 Å². The number of hydrogen-bond donors (Lipinski definition) is 1. The van der Waals surface area contributed by atoms with E-state index in [1.54, 1.807) is 0 Å². The Kier molecular flexibility index (Phi) is 5.95. The number of sulfonamides is 1. The SMILES string of the molecule is CC(NC(=O)CN(c1ccc(F)c(Cl)c1)S(C)(=O)=O)c1ccc2c(c1)CCC2. The number of nitrogens with zero attached hydrogens (tertiary/aromatic N) is 1. The molecule has 0 saturated heterocycles. The normalized spacial score (nSPS) is 14.4. The highest BCUT2D eigenvalue weighted by molar-refractivity contribution is 7.92. The molecule has 150 valence electrons. The second kappa shape index (κ2) is 8.09. The number of aryl methyl sites for hydroxylation is 2. The minimum Gasteiger partial charge on any atom is -0.348 e. The van der Waals surface area contributed by atoms with Crippen LogP contribution in [0.5, 0.6) is 0 Å². The molecule has 5 nitrogen and oxygen atoms in total. The third-order valence-electron chi connectivity index (χ3n) is 4.88. The number of amides is 1. The van der Waals surface area contributed by atoms with Crippen molar-refractivity contribution in [1.82, 2.24) is 5.32 Å². The maximum Gasteiger partial charge on any atom is 0.241 e. The Balaban J connectivity index is 1.74. The maximum atomic E-state index is 13.4. The Labute approximate surface area is 169 Å². The molecule has 0 fully saturated rings. The van der Waals surface area contributed by atoms with E-state index in [1.807, 2.05) is 13.0 Å². The Morgan fingerprint density at radius 2 is 1.93 bits per heavy atom. The number of rotatable bonds is 6. The second-order valence-corrected chi connectivity index (χ2v) is 9.35. The van der Waals surface area contributed by atoms with E-state index < -0.39 is 28.3 Å². The lowest BCUT2D eigenvalue weighted by Crippen LogP contribution is -2.41. The van der Waals surface area contributed by atoms with Gasteiger partial charge in [-0.05, 0) is 61.1 Å². The van der Waals surface area contributed by atoms with E-state index in [2.05, 4.69) is 17.4 Å². The van der Waals surface area contributed by atoms with Crippen LogP contribution in [0.25, 0.3) is 0 Å². The molecule has 1 amide bonds. The van der Waals surface area contributed by atoms with Crippen molar-refractivity contribution in [2.24, 2.45) is 0 Å². The molecule has 8 heteroatoms. The monoisotopic (exact) mass is 424 g/mol. The van der Waals surface area contributed by atoms with Crippen LogP contribution in [0.15, 0.2) is 36.4 Å². The zero-order valence-electron chi connectivity index (χ0n) is 15.7. The Bertz CT molecular complexity index is 1010. The summed E-state index contributed by atoms with van der Waals surface area (Å²) in [6.07, 6.45) is 4.25. The van der Waals surface area contributed by atoms with Crippen LogP contribution in [0.4, 0.5) is 10.1 Å². The van der Waals surface area contributed by atoms with E-state index in [0.29, 0.717) is 0 Å². The van der Waals surface area contributed by atoms with Crippen molar-refractivity contribution in [1.29, 1.82) is 0 Å². The van der Waals surface area contributed by atoms with Crippen molar-refractivity contribution in [3.05, 3.63) is 63.9 Å². The van der Waals surface area contributed by atoms with Gasteiger partial charge in [0.15, 0.2) is 0 Å². The molecule has 1 aliphatic carbocycles. The molecule has 0 bridgehead atoms. The van der Waals surface area contributed by atoms with Crippen molar-refractivity contribution in [2.45, 2.75) is 32.2 Å². The summed E-state index contributed by atoms with van der Waals surface area (Å²) in [6.45, 7) is 1.43. The minimum absolute atomic E-state index is 0.134. The van der Waals surface area contributed by atoms with Crippen molar-refractivity contribution >= 4 is 33.2 Å². The molecule has 0 aliphatic heterocycles. The van der Waals surface area contributed by atoms with E-state index in [9.17, 15) is 17.6 Å². The molecule has 0 radical (unpaired) electrons. The molecule has 0 aromatic heterocycles. The number of fused-ring (bicyclic) bond motifs is 1. The van der Waals surface area contributed by atoms with Gasteiger partial charge in [0.05, 0.1) is 23.0 Å². The summed E-state index contributed by atoms with van der Waals surface area (Å²) in [7, 11) is -3.76. The first-order valence-corrected chi connectivity index (χ1v) is 11.2. The summed E-state index contributed by atoms with van der Waals surface area (Å²) in [6, 6.07) is 9.44. The topological polar surface area (TPSA) is 66.5 Å². The number of nitrogens with one attached hydrogen (secondary N) is 1. The second-order valence-electron chi connectivity index (χ2n) is 7.04. The number of halogens is 2. The van der Waals surface area contributed by atoms with Crippen LogP contribution >= 0.6 is 11.6 Å². The Hall–Kier alpha value is -2.12. The molecule has 2 aromatic rings. The minimum atomic E-state index is -3.76. The lowest BCUT2D eigenvalue weighted by Gasteiger charge is -2.23.